The Kier molecular flexibility index (Phi) is 3.79. The second-order valence-corrected chi connectivity index (χ2v) is 2.48. The first-order valence-electron chi connectivity index (χ1n) is 2.81. The van der Waals surface area contributed by atoms with Crippen molar-refractivity contribution in [2.24, 2.45) is 5.92 Å². The summed E-state index contributed by atoms with van der Waals surface area (Å²) in [7, 11) is 0. The van der Waals surface area contributed by atoms with Gasteiger partial charge in [0.15, 0.2) is 0 Å². The number of hydrogen-bond donors (Lipinski definition) is 1. The highest BCUT2D eigenvalue weighted by molar-refractivity contribution is 7.78. The average molecular weight is 130 g/mol. The summed E-state index contributed by atoms with van der Waals surface area (Å²) in [6.07, 6.45) is 0. The summed E-state index contributed by atoms with van der Waals surface area (Å²) in [6.45, 7) is 6.37. The van der Waals surface area contributed by atoms with Gasteiger partial charge in [-0.05, 0) is 12.8 Å². The topological polar surface area (TPSA) is 12.0 Å². The SMILES string of the molecule is CC(C)C(C)N[C]=S. The third-order valence-electron chi connectivity index (χ3n) is 1.29. The van der Waals surface area contributed by atoms with Crippen molar-refractivity contribution >= 4 is 17.7 Å². The maximum absolute atomic E-state index is 4.49. The van der Waals surface area contributed by atoms with Crippen LogP contribution in [0.3, 0.4) is 0 Å². The standard InChI is InChI=1S/C6H12NS/c1-5(2)6(3)7-4-8/h5-6H,1-3H3,(H,7,8). The quantitative estimate of drug-likeness (QED) is 0.458. The van der Waals surface area contributed by atoms with E-state index in [4.69, 9.17) is 0 Å². The molecule has 0 fully saturated rings. The van der Waals surface area contributed by atoms with Crippen LogP contribution < -0.4 is 5.32 Å². The van der Waals surface area contributed by atoms with Crippen LogP contribution >= 0.6 is 12.2 Å². The Balaban J connectivity index is 3.30. The van der Waals surface area contributed by atoms with Crippen molar-refractivity contribution in [3.05, 3.63) is 0 Å². The second-order valence-electron chi connectivity index (χ2n) is 2.28. The smallest absolute Gasteiger partial charge is 0.134 e. The summed E-state index contributed by atoms with van der Waals surface area (Å²) in [5.74, 6) is 0.630. The molecule has 1 atom stereocenters. The molecule has 0 aromatic rings. The van der Waals surface area contributed by atoms with E-state index >= 15 is 0 Å². The minimum absolute atomic E-state index is 0.451. The Morgan fingerprint density at radius 2 is 1.88 bits per heavy atom. The lowest BCUT2D eigenvalue weighted by Crippen LogP contribution is -2.28. The summed E-state index contributed by atoms with van der Waals surface area (Å²) < 4.78 is 0. The first kappa shape index (κ1) is 7.89. The average Bonchev–Trinajstić information content (AvgIpc) is 1.67. The molecule has 0 aliphatic heterocycles. The molecule has 0 saturated heterocycles. The first-order valence-corrected chi connectivity index (χ1v) is 3.22. The fraction of sp³-hybridized carbons (Fsp3) is 0.833. The molecule has 0 heterocycles. The minimum Gasteiger partial charge on any atom is -0.371 e. The minimum atomic E-state index is 0.451. The normalized spacial score (nSPS) is 13.5. The molecule has 0 aliphatic carbocycles. The van der Waals surface area contributed by atoms with Crippen molar-refractivity contribution in [3.63, 3.8) is 0 Å². The van der Waals surface area contributed by atoms with E-state index in [0.717, 1.165) is 0 Å². The third kappa shape index (κ3) is 2.97. The number of rotatable bonds is 3. The molecular weight excluding hydrogens is 118 g/mol. The van der Waals surface area contributed by atoms with Crippen LogP contribution in [0.15, 0.2) is 0 Å². The highest BCUT2D eigenvalue weighted by Crippen LogP contribution is 1.97. The lowest BCUT2D eigenvalue weighted by Gasteiger charge is -2.13. The molecule has 8 heavy (non-hydrogen) atoms. The molecule has 0 aliphatic rings. The molecule has 0 spiro atoms. The van der Waals surface area contributed by atoms with Gasteiger partial charge in [0.25, 0.3) is 0 Å². The Morgan fingerprint density at radius 1 is 1.38 bits per heavy atom. The molecule has 1 N–H and O–H groups in total. The highest BCUT2D eigenvalue weighted by Gasteiger charge is 2.01. The van der Waals surface area contributed by atoms with E-state index in [1.165, 1.54) is 0 Å². The van der Waals surface area contributed by atoms with E-state index in [1.54, 1.807) is 0 Å². The number of nitrogens with one attached hydrogen (secondary N) is 1. The van der Waals surface area contributed by atoms with Gasteiger partial charge in [-0.25, -0.2) is 0 Å². The molecule has 0 aromatic carbocycles. The van der Waals surface area contributed by atoms with E-state index in [1.807, 2.05) is 0 Å². The molecule has 1 radical (unpaired) electrons. The van der Waals surface area contributed by atoms with Crippen molar-refractivity contribution in [2.75, 3.05) is 0 Å². The summed E-state index contributed by atoms with van der Waals surface area (Å²) >= 11 is 4.49. The van der Waals surface area contributed by atoms with Crippen LogP contribution in [0.5, 0.6) is 0 Å². The molecule has 0 amide bonds. The predicted octanol–water partition coefficient (Wildman–Crippen LogP) is 1.45. The van der Waals surface area contributed by atoms with Crippen LogP contribution in [0.25, 0.3) is 0 Å². The number of hydrogen-bond acceptors (Lipinski definition) is 1. The Bertz CT molecular complexity index is 70.9. The van der Waals surface area contributed by atoms with Gasteiger partial charge in [-0.3, -0.25) is 0 Å². The Labute approximate surface area is 56.5 Å². The fourth-order valence-electron chi connectivity index (χ4n) is 0.260. The van der Waals surface area contributed by atoms with Crippen molar-refractivity contribution < 1.29 is 0 Å². The maximum Gasteiger partial charge on any atom is 0.134 e. The lowest BCUT2D eigenvalue weighted by molar-refractivity contribution is 0.493. The van der Waals surface area contributed by atoms with Gasteiger partial charge < -0.3 is 5.32 Å². The van der Waals surface area contributed by atoms with Crippen LogP contribution in [-0.4, -0.2) is 11.5 Å². The van der Waals surface area contributed by atoms with E-state index in [0.29, 0.717) is 12.0 Å². The van der Waals surface area contributed by atoms with Crippen LogP contribution in [-0.2, 0) is 0 Å². The van der Waals surface area contributed by atoms with Crippen LogP contribution in [0.2, 0.25) is 0 Å². The maximum atomic E-state index is 4.49. The molecule has 1 unspecified atom stereocenters. The molecule has 0 saturated carbocycles. The van der Waals surface area contributed by atoms with Crippen LogP contribution in [0.1, 0.15) is 20.8 Å². The van der Waals surface area contributed by atoms with E-state index in [9.17, 15) is 0 Å². The molecule has 0 bridgehead atoms. The third-order valence-corrected chi connectivity index (χ3v) is 1.40. The zero-order valence-electron chi connectivity index (χ0n) is 5.56. The van der Waals surface area contributed by atoms with Crippen molar-refractivity contribution in [1.29, 1.82) is 0 Å². The molecule has 47 valence electrons. The van der Waals surface area contributed by atoms with Gasteiger partial charge in [0.2, 0.25) is 0 Å². The zero-order valence-corrected chi connectivity index (χ0v) is 6.38. The molecule has 0 aromatic heterocycles. The second kappa shape index (κ2) is 3.84. The van der Waals surface area contributed by atoms with Crippen molar-refractivity contribution in [1.82, 2.24) is 5.32 Å². The van der Waals surface area contributed by atoms with Crippen LogP contribution in [0.4, 0.5) is 0 Å². The van der Waals surface area contributed by atoms with Crippen LogP contribution in [0, 0.1) is 5.92 Å². The van der Waals surface area contributed by atoms with E-state index in [-0.39, 0.29) is 0 Å². The van der Waals surface area contributed by atoms with Gasteiger partial charge in [-0.1, -0.05) is 26.1 Å². The number of thiocarbonyl (C=S) groups is 1. The summed E-state index contributed by atoms with van der Waals surface area (Å²) in [5.41, 5.74) is 2.48. The highest BCUT2D eigenvalue weighted by atomic mass is 32.1. The van der Waals surface area contributed by atoms with E-state index in [2.05, 4.69) is 43.8 Å². The first-order chi connectivity index (χ1) is 3.68. The molecular formula is C6H12NS. The van der Waals surface area contributed by atoms with Crippen molar-refractivity contribution in [3.8, 4) is 0 Å². The molecule has 1 nitrogen and oxygen atoms in total. The lowest BCUT2D eigenvalue weighted by atomic mass is 10.1. The van der Waals surface area contributed by atoms with E-state index < -0.39 is 0 Å². The van der Waals surface area contributed by atoms with Gasteiger partial charge in [-0.15, -0.1) is 0 Å². The van der Waals surface area contributed by atoms with Gasteiger partial charge >= 0.3 is 0 Å². The summed E-state index contributed by atoms with van der Waals surface area (Å²) in [6, 6.07) is 0.451. The Morgan fingerprint density at radius 3 is 2.00 bits per heavy atom. The molecule has 0 rings (SSSR count). The summed E-state index contributed by atoms with van der Waals surface area (Å²) in [5, 5.41) is 2.91. The van der Waals surface area contributed by atoms with Gasteiger partial charge in [-0.2, -0.15) is 0 Å². The summed E-state index contributed by atoms with van der Waals surface area (Å²) in [4.78, 5) is 0. The Hall–Kier alpha value is -0.110. The largest absolute Gasteiger partial charge is 0.371 e. The van der Waals surface area contributed by atoms with Gasteiger partial charge in [0.05, 0.1) is 0 Å². The van der Waals surface area contributed by atoms with Gasteiger partial charge in [0.1, 0.15) is 5.49 Å². The van der Waals surface area contributed by atoms with Crippen molar-refractivity contribution in [2.45, 2.75) is 26.8 Å². The fourth-order valence-corrected chi connectivity index (χ4v) is 0.446. The zero-order chi connectivity index (χ0) is 6.57. The monoisotopic (exact) mass is 130 g/mol. The van der Waals surface area contributed by atoms with Gasteiger partial charge in [0, 0.05) is 6.04 Å². The molecule has 2 heteroatoms. The predicted molar refractivity (Wildman–Crippen MR) is 40.0 cm³/mol.